The molecule has 1 unspecified atom stereocenters. The van der Waals surface area contributed by atoms with Crippen LogP contribution in [0.15, 0.2) is 5.38 Å². The van der Waals surface area contributed by atoms with Gasteiger partial charge in [-0.15, -0.1) is 23.7 Å². The van der Waals surface area contributed by atoms with E-state index in [1.165, 1.54) is 11.3 Å². The van der Waals surface area contributed by atoms with Gasteiger partial charge in [0.05, 0.1) is 18.2 Å². The Morgan fingerprint density at radius 3 is 2.88 bits per heavy atom. The van der Waals surface area contributed by atoms with Crippen molar-refractivity contribution in [2.75, 3.05) is 19.0 Å². The Balaban J connectivity index is 0.00000225. The van der Waals surface area contributed by atoms with Gasteiger partial charge in [-0.25, -0.2) is 4.98 Å². The summed E-state index contributed by atoms with van der Waals surface area (Å²) in [7, 11) is 1.54. The fourth-order valence-electron chi connectivity index (χ4n) is 1.05. The molecule has 92 valence electrons. The van der Waals surface area contributed by atoms with Gasteiger partial charge in [-0.2, -0.15) is 0 Å². The molecular weight excluding hydrogens is 250 g/mol. The molecule has 0 aliphatic rings. The molecule has 7 heteroatoms. The molecule has 0 bridgehead atoms. The minimum Gasteiger partial charge on any atom is -0.380 e. The van der Waals surface area contributed by atoms with Gasteiger partial charge in [0.2, 0.25) is 5.91 Å². The molecule has 0 aromatic carbocycles. The van der Waals surface area contributed by atoms with E-state index >= 15 is 0 Å². The highest BCUT2D eigenvalue weighted by molar-refractivity contribution is 7.13. The lowest BCUT2D eigenvalue weighted by atomic mass is 10.2. The van der Waals surface area contributed by atoms with Crippen molar-refractivity contribution < 1.29 is 9.53 Å². The van der Waals surface area contributed by atoms with E-state index in [0.29, 0.717) is 11.7 Å². The van der Waals surface area contributed by atoms with Gasteiger partial charge < -0.3 is 15.8 Å². The van der Waals surface area contributed by atoms with Crippen LogP contribution in [-0.2, 0) is 9.53 Å². The number of hydrogen-bond donors (Lipinski definition) is 2. The van der Waals surface area contributed by atoms with E-state index < -0.39 is 0 Å². The van der Waals surface area contributed by atoms with Crippen molar-refractivity contribution in [3.05, 3.63) is 11.1 Å². The Morgan fingerprint density at radius 2 is 2.44 bits per heavy atom. The minimum absolute atomic E-state index is 0. The SMILES string of the molecule is COC(CN)CC(=O)Nc1nc(C)cs1.Cl. The van der Waals surface area contributed by atoms with Crippen molar-refractivity contribution in [1.29, 1.82) is 0 Å². The summed E-state index contributed by atoms with van der Waals surface area (Å²) in [6.07, 6.45) is 0.0251. The quantitative estimate of drug-likeness (QED) is 0.838. The number of aromatic nitrogens is 1. The number of carbonyl (C=O) groups excluding carboxylic acids is 1. The van der Waals surface area contributed by atoms with Gasteiger partial charge in [0.25, 0.3) is 0 Å². The van der Waals surface area contributed by atoms with E-state index in [1.54, 1.807) is 7.11 Å². The normalized spacial score (nSPS) is 11.7. The zero-order valence-electron chi connectivity index (χ0n) is 9.23. The maximum absolute atomic E-state index is 11.5. The molecule has 0 saturated heterocycles. The Kier molecular flexibility index (Phi) is 7.24. The molecule has 0 radical (unpaired) electrons. The number of nitrogens with one attached hydrogen (secondary N) is 1. The molecule has 0 aliphatic carbocycles. The number of hydrogen-bond acceptors (Lipinski definition) is 5. The Bertz CT molecular complexity index is 328. The molecule has 16 heavy (non-hydrogen) atoms. The molecule has 1 aromatic rings. The first-order chi connectivity index (χ1) is 7.15. The summed E-state index contributed by atoms with van der Waals surface area (Å²) in [5, 5.41) is 5.19. The zero-order valence-corrected chi connectivity index (χ0v) is 10.9. The van der Waals surface area contributed by atoms with Crippen LogP contribution in [0, 0.1) is 6.92 Å². The lowest BCUT2D eigenvalue weighted by molar-refractivity contribution is -0.118. The third kappa shape index (κ3) is 4.89. The average Bonchev–Trinajstić information content (AvgIpc) is 2.60. The first-order valence-electron chi connectivity index (χ1n) is 4.60. The highest BCUT2D eigenvalue weighted by Gasteiger charge is 2.12. The van der Waals surface area contributed by atoms with Crippen LogP contribution in [-0.4, -0.2) is 30.6 Å². The summed E-state index contributed by atoms with van der Waals surface area (Å²) in [6, 6.07) is 0. The van der Waals surface area contributed by atoms with Crippen molar-refractivity contribution in [1.82, 2.24) is 4.98 Å². The number of nitrogens with two attached hydrogens (primary N) is 1. The highest BCUT2D eigenvalue weighted by atomic mass is 35.5. The van der Waals surface area contributed by atoms with Crippen LogP contribution >= 0.6 is 23.7 Å². The van der Waals surface area contributed by atoms with Crippen LogP contribution in [0.25, 0.3) is 0 Å². The summed E-state index contributed by atoms with van der Waals surface area (Å²) in [5.41, 5.74) is 6.31. The molecule has 0 fully saturated rings. The zero-order chi connectivity index (χ0) is 11.3. The number of carbonyl (C=O) groups is 1. The molecule has 0 spiro atoms. The molecular formula is C9H16ClN3O2S. The second-order valence-corrected chi connectivity index (χ2v) is 4.00. The van der Waals surface area contributed by atoms with Crippen LogP contribution in [0.5, 0.6) is 0 Å². The summed E-state index contributed by atoms with van der Waals surface area (Å²) >= 11 is 1.41. The van der Waals surface area contributed by atoms with Crippen molar-refractivity contribution in [3.63, 3.8) is 0 Å². The average molecular weight is 266 g/mol. The van der Waals surface area contributed by atoms with Gasteiger partial charge in [0, 0.05) is 19.0 Å². The summed E-state index contributed by atoms with van der Waals surface area (Å²) in [6.45, 7) is 2.21. The standard InChI is InChI=1S/C9H15N3O2S.ClH/c1-6-5-15-9(11-6)12-8(13)3-7(4-10)14-2;/h5,7H,3-4,10H2,1-2H3,(H,11,12,13);1H. The van der Waals surface area contributed by atoms with Crippen molar-refractivity contribution in [3.8, 4) is 0 Å². The molecule has 1 amide bonds. The smallest absolute Gasteiger partial charge is 0.228 e. The molecule has 0 aliphatic heterocycles. The number of halogens is 1. The minimum atomic E-state index is -0.231. The lowest BCUT2D eigenvalue weighted by Crippen LogP contribution is -2.28. The van der Waals surface area contributed by atoms with Crippen molar-refractivity contribution >= 4 is 34.8 Å². The number of ether oxygens (including phenoxy) is 1. The predicted molar refractivity (Wildman–Crippen MR) is 67.2 cm³/mol. The van der Waals surface area contributed by atoms with E-state index in [4.69, 9.17) is 10.5 Å². The second-order valence-electron chi connectivity index (χ2n) is 3.14. The maximum Gasteiger partial charge on any atom is 0.228 e. The summed E-state index contributed by atoms with van der Waals surface area (Å²) < 4.78 is 5.01. The fraction of sp³-hybridized carbons (Fsp3) is 0.556. The topological polar surface area (TPSA) is 77.2 Å². The van der Waals surface area contributed by atoms with Crippen molar-refractivity contribution in [2.45, 2.75) is 19.4 Å². The van der Waals surface area contributed by atoms with E-state index in [-0.39, 0.29) is 30.8 Å². The first kappa shape index (κ1) is 15.3. The molecule has 1 rings (SSSR count). The molecule has 0 saturated carbocycles. The van der Waals surface area contributed by atoms with Crippen LogP contribution < -0.4 is 11.1 Å². The van der Waals surface area contributed by atoms with Crippen LogP contribution in [0.4, 0.5) is 5.13 Å². The van der Waals surface area contributed by atoms with E-state index in [9.17, 15) is 4.79 Å². The third-order valence-corrected chi connectivity index (χ3v) is 2.75. The van der Waals surface area contributed by atoms with E-state index in [2.05, 4.69) is 10.3 Å². The van der Waals surface area contributed by atoms with Gasteiger partial charge >= 0.3 is 0 Å². The lowest BCUT2D eigenvalue weighted by Gasteiger charge is -2.11. The Hall–Kier alpha value is -0.690. The van der Waals surface area contributed by atoms with Gasteiger partial charge in [0.1, 0.15) is 0 Å². The predicted octanol–water partition coefficient (Wildman–Crippen LogP) is 1.18. The van der Waals surface area contributed by atoms with Crippen LogP contribution in [0.1, 0.15) is 12.1 Å². The van der Waals surface area contributed by atoms with Gasteiger partial charge in [-0.1, -0.05) is 0 Å². The van der Waals surface area contributed by atoms with E-state index in [0.717, 1.165) is 5.69 Å². The van der Waals surface area contributed by atoms with E-state index in [1.807, 2.05) is 12.3 Å². The first-order valence-corrected chi connectivity index (χ1v) is 5.48. The monoisotopic (exact) mass is 265 g/mol. The molecule has 1 heterocycles. The number of nitrogens with zero attached hydrogens (tertiary/aromatic N) is 1. The maximum atomic E-state index is 11.5. The number of thiazole rings is 1. The van der Waals surface area contributed by atoms with Gasteiger partial charge in [-0.3, -0.25) is 4.79 Å². The van der Waals surface area contributed by atoms with Crippen LogP contribution in [0.3, 0.4) is 0 Å². The number of anilines is 1. The van der Waals surface area contributed by atoms with Gasteiger partial charge in [0.15, 0.2) is 5.13 Å². The molecule has 1 atom stereocenters. The second kappa shape index (κ2) is 7.56. The van der Waals surface area contributed by atoms with Crippen LogP contribution in [0.2, 0.25) is 0 Å². The largest absolute Gasteiger partial charge is 0.380 e. The summed E-state index contributed by atoms with van der Waals surface area (Å²) in [5.74, 6) is -0.123. The number of methoxy groups -OCH3 is 1. The highest BCUT2D eigenvalue weighted by Crippen LogP contribution is 2.14. The summed E-state index contributed by atoms with van der Waals surface area (Å²) in [4.78, 5) is 15.6. The fourth-order valence-corrected chi connectivity index (χ4v) is 1.76. The third-order valence-electron chi connectivity index (χ3n) is 1.87. The molecule has 5 nitrogen and oxygen atoms in total. The molecule has 1 aromatic heterocycles. The van der Waals surface area contributed by atoms with Gasteiger partial charge in [-0.05, 0) is 6.92 Å². The number of rotatable bonds is 5. The number of amides is 1. The Labute approximate surface area is 105 Å². The Morgan fingerprint density at radius 1 is 1.75 bits per heavy atom. The van der Waals surface area contributed by atoms with Crippen molar-refractivity contribution in [2.24, 2.45) is 5.73 Å². The molecule has 3 N–H and O–H groups in total. The number of aryl methyl sites for hydroxylation is 1.